The Morgan fingerprint density at radius 3 is 2.79 bits per heavy atom. The Labute approximate surface area is 198 Å². The molecule has 9 heteroatoms. The van der Waals surface area contributed by atoms with Crippen LogP contribution in [0, 0.1) is 0 Å². The van der Waals surface area contributed by atoms with Crippen LogP contribution in [-0.4, -0.2) is 47.5 Å². The average molecular weight is 478 g/mol. The second-order valence-corrected chi connectivity index (χ2v) is 9.87. The predicted octanol–water partition coefficient (Wildman–Crippen LogP) is 5.15. The Bertz CT molecular complexity index is 1490. The molecule has 0 unspecified atom stereocenters. The zero-order chi connectivity index (χ0) is 23.6. The summed E-state index contributed by atoms with van der Waals surface area (Å²) >= 11 is 1.47. The number of thiophene rings is 1. The summed E-state index contributed by atoms with van der Waals surface area (Å²) in [6.45, 7) is 5.72. The number of aromatic nitrogens is 2. The molecular formula is C25H21F2N5OS. The molecule has 0 saturated carbocycles. The first kappa shape index (κ1) is 21.0. The van der Waals surface area contributed by atoms with E-state index in [9.17, 15) is 13.6 Å². The van der Waals surface area contributed by atoms with Gasteiger partial charge in [-0.05, 0) is 49.4 Å². The standard InChI is InChI=1S/C25H21F2N5OS/c1-3-15-8-14(9-20(30-15)32-11-25(26,27)12-32)17-5-4-16-18(31-17)6-7-19-21(16)22-23(34-19)24(33)29-13(2)10-28-22/h3-9,13,28H,1,10-12H2,2H3,(H,29,33)/t13-/m1/s1. The van der Waals surface area contributed by atoms with Gasteiger partial charge >= 0.3 is 0 Å². The van der Waals surface area contributed by atoms with Gasteiger partial charge < -0.3 is 15.5 Å². The summed E-state index contributed by atoms with van der Waals surface area (Å²) in [7, 11) is 0. The number of nitrogens with one attached hydrogen (secondary N) is 2. The lowest BCUT2D eigenvalue weighted by atomic mass is 10.0. The van der Waals surface area contributed by atoms with Crippen molar-refractivity contribution in [3.8, 4) is 11.3 Å². The van der Waals surface area contributed by atoms with E-state index < -0.39 is 5.92 Å². The van der Waals surface area contributed by atoms with E-state index in [2.05, 4.69) is 22.2 Å². The average Bonchev–Trinajstić information content (AvgIpc) is 3.13. The first-order chi connectivity index (χ1) is 16.3. The van der Waals surface area contributed by atoms with Crippen molar-refractivity contribution in [1.29, 1.82) is 0 Å². The number of fused-ring (bicyclic) bond motifs is 5. The molecule has 1 atom stereocenters. The highest BCUT2D eigenvalue weighted by atomic mass is 32.1. The number of benzene rings is 1. The quantitative estimate of drug-likeness (QED) is 0.427. The second-order valence-electron chi connectivity index (χ2n) is 8.82. The molecule has 2 N–H and O–H groups in total. The van der Waals surface area contributed by atoms with E-state index in [0.717, 1.165) is 32.2 Å². The summed E-state index contributed by atoms with van der Waals surface area (Å²) in [6.07, 6.45) is 1.61. The largest absolute Gasteiger partial charge is 0.381 e. The molecule has 6 rings (SSSR count). The highest BCUT2D eigenvalue weighted by Crippen LogP contribution is 2.41. The SMILES string of the molecule is C=Cc1cc(-c2ccc3c(ccc4sc5c(c43)NC[C@@H](C)NC5=O)n2)cc(N2CC(F)(F)C2)n1. The van der Waals surface area contributed by atoms with Gasteiger partial charge in [-0.1, -0.05) is 6.58 Å². The van der Waals surface area contributed by atoms with Crippen LogP contribution in [0.1, 0.15) is 22.3 Å². The first-order valence-electron chi connectivity index (χ1n) is 11.0. The van der Waals surface area contributed by atoms with Gasteiger partial charge in [0.1, 0.15) is 10.7 Å². The molecule has 34 heavy (non-hydrogen) atoms. The maximum absolute atomic E-state index is 13.4. The monoisotopic (exact) mass is 477 g/mol. The van der Waals surface area contributed by atoms with Gasteiger partial charge in [-0.25, -0.2) is 18.7 Å². The van der Waals surface area contributed by atoms with Gasteiger partial charge in [0, 0.05) is 33.6 Å². The van der Waals surface area contributed by atoms with Gasteiger partial charge in [0.2, 0.25) is 0 Å². The van der Waals surface area contributed by atoms with Crippen molar-refractivity contribution in [3.05, 3.63) is 53.5 Å². The third-order valence-electron chi connectivity index (χ3n) is 6.20. The summed E-state index contributed by atoms with van der Waals surface area (Å²) in [5.41, 5.74) is 3.74. The minimum Gasteiger partial charge on any atom is -0.381 e. The van der Waals surface area contributed by atoms with Crippen molar-refractivity contribution < 1.29 is 13.6 Å². The number of pyridine rings is 2. The van der Waals surface area contributed by atoms with Gasteiger partial charge in [0.15, 0.2) is 0 Å². The van der Waals surface area contributed by atoms with Crippen LogP contribution in [0.15, 0.2) is 43.0 Å². The molecule has 0 radical (unpaired) electrons. The molecule has 172 valence electrons. The molecule has 1 aromatic carbocycles. The topological polar surface area (TPSA) is 70.2 Å². The molecule has 1 saturated heterocycles. The van der Waals surface area contributed by atoms with Crippen molar-refractivity contribution in [1.82, 2.24) is 15.3 Å². The fourth-order valence-electron chi connectivity index (χ4n) is 4.51. The lowest BCUT2D eigenvalue weighted by Gasteiger charge is -2.39. The number of carbonyl (C=O) groups excluding carboxylic acids is 1. The van der Waals surface area contributed by atoms with Crippen LogP contribution in [0.4, 0.5) is 20.3 Å². The highest BCUT2D eigenvalue weighted by Gasteiger charge is 2.44. The summed E-state index contributed by atoms with van der Waals surface area (Å²) in [5, 5.41) is 8.38. The molecular weight excluding hydrogens is 456 g/mol. The number of carbonyl (C=O) groups is 1. The van der Waals surface area contributed by atoms with E-state index in [1.165, 1.54) is 11.3 Å². The van der Waals surface area contributed by atoms with Crippen LogP contribution in [0.25, 0.3) is 38.3 Å². The summed E-state index contributed by atoms with van der Waals surface area (Å²) in [5.74, 6) is -2.26. The van der Waals surface area contributed by atoms with Gasteiger partial charge in [0.25, 0.3) is 11.8 Å². The van der Waals surface area contributed by atoms with E-state index in [1.807, 2.05) is 37.3 Å². The van der Waals surface area contributed by atoms with Crippen LogP contribution < -0.4 is 15.5 Å². The third kappa shape index (κ3) is 3.38. The van der Waals surface area contributed by atoms with Gasteiger partial charge in [-0.3, -0.25) is 4.79 Å². The van der Waals surface area contributed by atoms with Crippen LogP contribution in [-0.2, 0) is 0 Å². The Balaban J connectivity index is 1.46. The number of anilines is 2. The van der Waals surface area contributed by atoms with E-state index in [-0.39, 0.29) is 25.0 Å². The lowest BCUT2D eigenvalue weighted by Crippen LogP contribution is -2.56. The maximum atomic E-state index is 13.4. The number of hydrogen-bond donors (Lipinski definition) is 2. The van der Waals surface area contributed by atoms with Crippen molar-refractivity contribution in [2.75, 3.05) is 29.9 Å². The van der Waals surface area contributed by atoms with Crippen LogP contribution in [0.3, 0.4) is 0 Å². The molecule has 1 amide bonds. The normalized spacial score (nSPS) is 19.2. The van der Waals surface area contributed by atoms with Crippen molar-refractivity contribution in [2.24, 2.45) is 0 Å². The van der Waals surface area contributed by atoms with Crippen molar-refractivity contribution in [2.45, 2.75) is 18.9 Å². The van der Waals surface area contributed by atoms with Gasteiger partial charge in [0.05, 0.1) is 35.7 Å². The van der Waals surface area contributed by atoms with Crippen LogP contribution >= 0.6 is 11.3 Å². The minimum absolute atomic E-state index is 0.0353. The van der Waals surface area contributed by atoms with E-state index in [4.69, 9.17) is 4.98 Å². The predicted molar refractivity (Wildman–Crippen MR) is 133 cm³/mol. The number of amides is 1. The molecule has 2 aliphatic rings. The second kappa shape index (κ2) is 7.46. The molecule has 2 aliphatic heterocycles. The number of rotatable bonds is 3. The van der Waals surface area contributed by atoms with Gasteiger partial charge in [-0.15, -0.1) is 11.3 Å². The zero-order valence-corrected chi connectivity index (χ0v) is 19.2. The molecule has 3 aromatic heterocycles. The zero-order valence-electron chi connectivity index (χ0n) is 18.4. The van der Waals surface area contributed by atoms with Crippen molar-refractivity contribution >= 4 is 55.8 Å². The number of nitrogens with zero attached hydrogens (tertiary/aromatic N) is 3. The highest BCUT2D eigenvalue weighted by molar-refractivity contribution is 7.21. The van der Waals surface area contributed by atoms with E-state index in [0.29, 0.717) is 28.6 Å². The van der Waals surface area contributed by atoms with Crippen molar-refractivity contribution in [3.63, 3.8) is 0 Å². The van der Waals surface area contributed by atoms with E-state index in [1.54, 1.807) is 17.0 Å². The smallest absolute Gasteiger partial charge is 0.282 e. The molecule has 1 fully saturated rings. The summed E-state index contributed by atoms with van der Waals surface area (Å²) in [6, 6.07) is 11.5. The lowest BCUT2D eigenvalue weighted by molar-refractivity contribution is -0.0267. The van der Waals surface area contributed by atoms with Gasteiger partial charge in [-0.2, -0.15) is 0 Å². The maximum Gasteiger partial charge on any atom is 0.282 e. The first-order valence-corrected chi connectivity index (χ1v) is 11.8. The number of halogens is 2. The molecule has 0 spiro atoms. The van der Waals surface area contributed by atoms with Crippen LogP contribution in [0.5, 0.6) is 0 Å². The fourth-order valence-corrected chi connectivity index (χ4v) is 5.61. The Morgan fingerprint density at radius 1 is 1.21 bits per heavy atom. The molecule has 4 aromatic rings. The molecule has 0 bridgehead atoms. The van der Waals surface area contributed by atoms with E-state index >= 15 is 0 Å². The Kier molecular flexibility index (Phi) is 4.60. The summed E-state index contributed by atoms with van der Waals surface area (Å²) in [4.78, 5) is 24.2. The Morgan fingerprint density at radius 2 is 2.03 bits per heavy atom. The fraction of sp³-hybridized carbons (Fsp3) is 0.240. The summed E-state index contributed by atoms with van der Waals surface area (Å²) < 4.78 is 27.8. The minimum atomic E-state index is -2.68. The number of alkyl halides is 2. The molecule has 5 heterocycles. The molecule has 0 aliphatic carbocycles. The third-order valence-corrected chi connectivity index (χ3v) is 7.35. The Hall–Kier alpha value is -3.59. The van der Waals surface area contributed by atoms with Crippen LogP contribution in [0.2, 0.25) is 0 Å². The molecule has 6 nitrogen and oxygen atoms in total. The number of hydrogen-bond acceptors (Lipinski definition) is 6.